The van der Waals surface area contributed by atoms with Crippen LogP contribution in [0.25, 0.3) is 0 Å². The first-order chi connectivity index (χ1) is 9.86. The normalized spacial score (nSPS) is 27.2. The third-order valence-corrected chi connectivity index (χ3v) is 6.74. The van der Waals surface area contributed by atoms with Crippen molar-refractivity contribution in [2.24, 2.45) is 5.92 Å². The molecule has 0 aromatic carbocycles. The number of rotatable bonds is 4. The van der Waals surface area contributed by atoms with Gasteiger partial charge in [-0.15, -0.1) is 0 Å². The second-order valence-electron chi connectivity index (χ2n) is 6.71. The Morgan fingerprint density at radius 3 is 2.52 bits per heavy atom. The van der Waals surface area contributed by atoms with Gasteiger partial charge in [0, 0.05) is 18.6 Å². The summed E-state index contributed by atoms with van der Waals surface area (Å²) in [4.78, 5) is 12.5. The minimum absolute atomic E-state index is 0.0374. The molecule has 2 rings (SSSR count). The predicted octanol–water partition coefficient (Wildman–Crippen LogP) is 1.89. The Morgan fingerprint density at radius 1 is 1.24 bits per heavy atom. The molecule has 2 fully saturated rings. The zero-order valence-electron chi connectivity index (χ0n) is 13.2. The molecule has 1 heterocycles. The molecule has 6 heteroatoms. The molecule has 21 heavy (non-hydrogen) atoms. The van der Waals surface area contributed by atoms with Crippen LogP contribution in [0.2, 0.25) is 0 Å². The van der Waals surface area contributed by atoms with E-state index >= 15 is 0 Å². The average Bonchev–Trinajstić information content (AvgIpc) is 2.47. The lowest BCUT2D eigenvalue weighted by molar-refractivity contribution is -0.128. The summed E-state index contributed by atoms with van der Waals surface area (Å²) in [7, 11) is -3.18. The molecule has 0 aromatic heterocycles. The molecule has 1 atom stereocenters. The van der Waals surface area contributed by atoms with Crippen molar-refractivity contribution in [1.29, 1.82) is 0 Å². The van der Waals surface area contributed by atoms with Gasteiger partial charge >= 0.3 is 0 Å². The van der Waals surface area contributed by atoms with Crippen molar-refractivity contribution in [3.05, 3.63) is 0 Å². The quantitative estimate of drug-likeness (QED) is 0.861. The SMILES string of the molecule is CCS(=O)(=O)N1CCC[C@H](C(=O)NC2(C)CCCCC2)C1. The third kappa shape index (κ3) is 4.19. The number of nitrogens with zero attached hydrogens (tertiary/aromatic N) is 1. The van der Waals surface area contributed by atoms with Gasteiger partial charge in [0.15, 0.2) is 0 Å². The summed E-state index contributed by atoms with van der Waals surface area (Å²) in [5.41, 5.74) is -0.0960. The fourth-order valence-corrected chi connectivity index (χ4v) is 4.63. The van der Waals surface area contributed by atoms with Crippen LogP contribution >= 0.6 is 0 Å². The number of amides is 1. The van der Waals surface area contributed by atoms with E-state index in [4.69, 9.17) is 0 Å². The lowest BCUT2D eigenvalue weighted by Gasteiger charge is -2.37. The molecule has 0 spiro atoms. The summed E-state index contributed by atoms with van der Waals surface area (Å²) < 4.78 is 25.4. The van der Waals surface area contributed by atoms with Crippen molar-refractivity contribution < 1.29 is 13.2 Å². The fourth-order valence-electron chi connectivity index (χ4n) is 3.45. The highest BCUT2D eigenvalue weighted by Crippen LogP contribution is 2.29. The molecular formula is C15H28N2O3S. The van der Waals surface area contributed by atoms with Gasteiger partial charge in [-0.3, -0.25) is 4.79 Å². The molecule has 122 valence electrons. The first kappa shape index (κ1) is 16.7. The van der Waals surface area contributed by atoms with E-state index in [0.29, 0.717) is 13.1 Å². The van der Waals surface area contributed by atoms with Crippen molar-refractivity contribution in [2.75, 3.05) is 18.8 Å². The van der Waals surface area contributed by atoms with Crippen LogP contribution in [-0.2, 0) is 14.8 Å². The van der Waals surface area contributed by atoms with Crippen molar-refractivity contribution in [1.82, 2.24) is 9.62 Å². The Labute approximate surface area is 128 Å². The zero-order valence-corrected chi connectivity index (χ0v) is 14.0. The van der Waals surface area contributed by atoms with Crippen LogP contribution in [0.15, 0.2) is 0 Å². The first-order valence-electron chi connectivity index (χ1n) is 8.16. The maximum absolute atomic E-state index is 12.5. The molecule has 5 nitrogen and oxygen atoms in total. The van der Waals surface area contributed by atoms with Crippen molar-refractivity contribution in [2.45, 2.75) is 64.3 Å². The summed E-state index contributed by atoms with van der Waals surface area (Å²) in [6.45, 7) is 4.67. The number of nitrogens with one attached hydrogen (secondary N) is 1. The average molecular weight is 316 g/mol. The van der Waals surface area contributed by atoms with Gasteiger partial charge in [-0.1, -0.05) is 19.3 Å². The maximum atomic E-state index is 12.5. The molecule has 1 N–H and O–H groups in total. The molecule has 1 aliphatic carbocycles. The maximum Gasteiger partial charge on any atom is 0.224 e. The predicted molar refractivity (Wildman–Crippen MR) is 83.4 cm³/mol. The lowest BCUT2D eigenvalue weighted by atomic mass is 9.82. The standard InChI is InChI=1S/C15H28N2O3S/c1-3-21(19,20)17-11-7-8-13(12-17)14(18)16-15(2)9-5-4-6-10-15/h13H,3-12H2,1-2H3,(H,16,18)/t13-/m0/s1. The van der Waals surface area contributed by atoms with Gasteiger partial charge in [0.1, 0.15) is 0 Å². The van der Waals surface area contributed by atoms with Gasteiger partial charge in [-0.25, -0.2) is 12.7 Å². The van der Waals surface area contributed by atoms with E-state index in [-0.39, 0.29) is 23.1 Å². The van der Waals surface area contributed by atoms with E-state index in [1.165, 1.54) is 10.7 Å². The number of carbonyl (C=O) groups excluding carboxylic acids is 1. The monoisotopic (exact) mass is 316 g/mol. The van der Waals surface area contributed by atoms with Crippen LogP contribution in [0.4, 0.5) is 0 Å². The summed E-state index contributed by atoms with van der Waals surface area (Å²) in [5, 5.41) is 3.19. The molecule has 1 saturated carbocycles. The van der Waals surface area contributed by atoms with E-state index in [0.717, 1.165) is 38.5 Å². The minimum atomic E-state index is -3.18. The van der Waals surface area contributed by atoms with E-state index in [1.807, 2.05) is 0 Å². The Balaban J connectivity index is 1.96. The smallest absolute Gasteiger partial charge is 0.224 e. The molecule has 0 aromatic rings. The summed E-state index contributed by atoms with van der Waals surface area (Å²) in [6, 6.07) is 0. The van der Waals surface area contributed by atoms with Crippen LogP contribution in [0.5, 0.6) is 0 Å². The highest BCUT2D eigenvalue weighted by atomic mass is 32.2. The second kappa shape index (κ2) is 6.65. The number of piperidine rings is 1. The Bertz CT molecular complexity index is 469. The fraction of sp³-hybridized carbons (Fsp3) is 0.933. The Kier molecular flexibility index (Phi) is 5.30. The van der Waals surface area contributed by atoms with E-state index in [9.17, 15) is 13.2 Å². The number of sulfonamides is 1. The van der Waals surface area contributed by atoms with Crippen LogP contribution in [0, 0.1) is 5.92 Å². The highest BCUT2D eigenvalue weighted by Gasteiger charge is 2.35. The van der Waals surface area contributed by atoms with Crippen LogP contribution in [0.3, 0.4) is 0 Å². The van der Waals surface area contributed by atoms with E-state index < -0.39 is 10.0 Å². The molecule has 2 aliphatic rings. The van der Waals surface area contributed by atoms with Gasteiger partial charge in [0.2, 0.25) is 15.9 Å². The second-order valence-corrected chi connectivity index (χ2v) is 8.97. The lowest BCUT2D eigenvalue weighted by Crippen LogP contribution is -2.52. The topological polar surface area (TPSA) is 66.5 Å². The van der Waals surface area contributed by atoms with Gasteiger partial charge in [-0.05, 0) is 39.5 Å². The van der Waals surface area contributed by atoms with E-state index in [1.54, 1.807) is 6.92 Å². The van der Waals surface area contributed by atoms with Crippen LogP contribution in [0.1, 0.15) is 58.8 Å². The van der Waals surface area contributed by atoms with Gasteiger partial charge in [-0.2, -0.15) is 0 Å². The largest absolute Gasteiger partial charge is 0.351 e. The molecule has 1 aliphatic heterocycles. The van der Waals surface area contributed by atoms with Gasteiger partial charge in [0.05, 0.1) is 11.7 Å². The summed E-state index contributed by atoms with van der Waals surface area (Å²) in [5.74, 6) is -0.0479. The summed E-state index contributed by atoms with van der Waals surface area (Å²) >= 11 is 0. The molecule has 0 radical (unpaired) electrons. The zero-order chi connectivity index (χ0) is 15.5. The number of hydrogen-bond donors (Lipinski definition) is 1. The third-order valence-electron chi connectivity index (χ3n) is 4.90. The highest BCUT2D eigenvalue weighted by molar-refractivity contribution is 7.89. The molecule has 0 bridgehead atoms. The van der Waals surface area contributed by atoms with Crippen LogP contribution in [-0.4, -0.2) is 43.0 Å². The van der Waals surface area contributed by atoms with Crippen molar-refractivity contribution in [3.8, 4) is 0 Å². The van der Waals surface area contributed by atoms with Crippen molar-refractivity contribution >= 4 is 15.9 Å². The molecular weight excluding hydrogens is 288 g/mol. The Morgan fingerprint density at radius 2 is 1.90 bits per heavy atom. The number of hydrogen-bond acceptors (Lipinski definition) is 3. The van der Waals surface area contributed by atoms with Gasteiger partial charge in [0.25, 0.3) is 0 Å². The van der Waals surface area contributed by atoms with Crippen LogP contribution < -0.4 is 5.32 Å². The van der Waals surface area contributed by atoms with Crippen molar-refractivity contribution in [3.63, 3.8) is 0 Å². The summed E-state index contributed by atoms with van der Waals surface area (Å²) in [6.07, 6.45) is 7.20. The molecule has 1 amide bonds. The number of carbonyl (C=O) groups is 1. The van der Waals surface area contributed by atoms with Gasteiger partial charge < -0.3 is 5.32 Å². The molecule has 0 unspecified atom stereocenters. The first-order valence-corrected chi connectivity index (χ1v) is 9.77. The minimum Gasteiger partial charge on any atom is -0.351 e. The molecule has 1 saturated heterocycles. The Hall–Kier alpha value is -0.620. The van der Waals surface area contributed by atoms with E-state index in [2.05, 4.69) is 12.2 Å².